The largest absolute Gasteiger partial charge is 0.478 e. The van der Waals surface area contributed by atoms with E-state index in [2.05, 4.69) is 4.72 Å². The number of sulfonamides is 1. The Kier molecular flexibility index (Phi) is 4.52. The second-order valence-corrected chi connectivity index (χ2v) is 6.79. The van der Waals surface area contributed by atoms with Crippen LogP contribution in [0.1, 0.15) is 23.2 Å². The molecule has 0 atom stereocenters. The summed E-state index contributed by atoms with van der Waals surface area (Å²) in [5, 5.41) is 8.52. The van der Waals surface area contributed by atoms with E-state index in [-0.39, 0.29) is 16.3 Å². The molecule has 8 heteroatoms. The van der Waals surface area contributed by atoms with Gasteiger partial charge >= 0.3 is 5.97 Å². The van der Waals surface area contributed by atoms with Gasteiger partial charge in [0.1, 0.15) is 5.56 Å². The molecule has 2 N–H and O–H groups in total. The van der Waals surface area contributed by atoms with E-state index in [1.807, 2.05) is 0 Å². The molecular weight excluding hydrogens is 306 g/mol. The van der Waals surface area contributed by atoms with Crippen molar-refractivity contribution in [3.8, 4) is 0 Å². The minimum absolute atomic E-state index is 0.00956. The van der Waals surface area contributed by atoms with Crippen LogP contribution in [-0.4, -0.2) is 38.0 Å². The Hall–Kier alpha value is -1.31. The average Bonchev–Trinajstić information content (AvgIpc) is 2.39. The van der Waals surface area contributed by atoms with E-state index in [0.717, 1.165) is 0 Å². The fraction of sp³-hybridized carbons (Fsp3) is 0.417. The normalized spacial score (nSPS) is 16.9. The molecule has 0 aliphatic carbocycles. The van der Waals surface area contributed by atoms with Gasteiger partial charge in [0.15, 0.2) is 0 Å². The van der Waals surface area contributed by atoms with Crippen LogP contribution in [0.15, 0.2) is 18.2 Å². The first-order chi connectivity index (χ1) is 9.42. The van der Waals surface area contributed by atoms with Gasteiger partial charge in [0.25, 0.3) is 0 Å². The highest BCUT2D eigenvalue weighted by Crippen LogP contribution is 2.27. The summed E-state index contributed by atoms with van der Waals surface area (Å²) in [6, 6.07) is 4.28. The fourth-order valence-corrected chi connectivity index (χ4v) is 3.76. The Bertz CT molecular complexity index is 610. The SMILES string of the molecule is O=C(O)c1c(Cl)cccc1NS(=O)(=O)C1CCOCC1. The van der Waals surface area contributed by atoms with Gasteiger partial charge in [0.05, 0.1) is 16.0 Å². The number of nitrogens with one attached hydrogen (secondary N) is 1. The van der Waals surface area contributed by atoms with Crippen molar-refractivity contribution in [3.63, 3.8) is 0 Å². The van der Waals surface area contributed by atoms with Gasteiger partial charge < -0.3 is 9.84 Å². The van der Waals surface area contributed by atoms with Crippen LogP contribution in [-0.2, 0) is 14.8 Å². The standard InChI is InChI=1S/C12H14ClNO5S/c13-9-2-1-3-10(11(9)12(15)16)14-20(17,18)8-4-6-19-7-5-8/h1-3,8,14H,4-7H2,(H,15,16). The summed E-state index contributed by atoms with van der Waals surface area (Å²) in [6.45, 7) is 0.764. The van der Waals surface area contributed by atoms with Gasteiger partial charge in [-0.25, -0.2) is 13.2 Å². The lowest BCUT2D eigenvalue weighted by Crippen LogP contribution is -2.33. The molecule has 1 heterocycles. The van der Waals surface area contributed by atoms with Crippen molar-refractivity contribution in [3.05, 3.63) is 28.8 Å². The number of carbonyl (C=O) groups is 1. The predicted molar refractivity (Wildman–Crippen MR) is 74.8 cm³/mol. The molecule has 0 bridgehead atoms. The third-order valence-corrected chi connectivity index (χ3v) is 5.26. The summed E-state index contributed by atoms with van der Waals surface area (Å²) in [5.74, 6) is -1.28. The molecule has 0 unspecified atom stereocenters. The van der Waals surface area contributed by atoms with E-state index >= 15 is 0 Å². The van der Waals surface area contributed by atoms with Crippen molar-refractivity contribution in [1.29, 1.82) is 0 Å². The van der Waals surface area contributed by atoms with Crippen LogP contribution < -0.4 is 4.72 Å². The molecular formula is C12H14ClNO5S. The van der Waals surface area contributed by atoms with E-state index in [9.17, 15) is 13.2 Å². The van der Waals surface area contributed by atoms with Crippen LogP contribution in [0.3, 0.4) is 0 Å². The molecule has 1 aliphatic rings. The van der Waals surface area contributed by atoms with Crippen LogP contribution in [0, 0.1) is 0 Å². The smallest absolute Gasteiger partial charge is 0.339 e. The van der Waals surface area contributed by atoms with Crippen molar-refractivity contribution >= 4 is 33.3 Å². The van der Waals surface area contributed by atoms with Crippen LogP contribution in [0.4, 0.5) is 5.69 Å². The van der Waals surface area contributed by atoms with Crippen molar-refractivity contribution in [1.82, 2.24) is 0 Å². The molecule has 6 nitrogen and oxygen atoms in total. The van der Waals surface area contributed by atoms with Crippen LogP contribution in [0.2, 0.25) is 5.02 Å². The van der Waals surface area contributed by atoms with Gasteiger partial charge in [-0.3, -0.25) is 4.72 Å². The second-order valence-electron chi connectivity index (χ2n) is 4.43. The monoisotopic (exact) mass is 319 g/mol. The highest BCUT2D eigenvalue weighted by molar-refractivity contribution is 7.93. The second kappa shape index (κ2) is 5.99. The summed E-state index contributed by atoms with van der Waals surface area (Å²) < 4.78 is 31.9. The molecule has 0 radical (unpaired) electrons. The third kappa shape index (κ3) is 3.23. The number of carboxylic acids is 1. The lowest BCUT2D eigenvalue weighted by Gasteiger charge is -2.23. The van der Waals surface area contributed by atoms with Gasteiger partial charge in [-0.2, -0.15) is 0 Å². The predicted octanol–water partition coefficient (Wildman–Crippen LogP) is 1.96. The van der Waals surface area contributed by atoms with Gasteiger partial charge in [-0.1, -0.05) is 17.7 Å². The van der Waals surface area contributed by atoms with Gasteiger partial charge in [-0.05, 0) is 25.0 Å². The molecule has 1 aliphatic heterocycles. The highest BCUT2D eigenvalue weighted by atomic mass is 35.5. The zero-order valence-corrected chi connectivity index (χ0v) is 12.1. The lowest BCUT2D eigenvalue weighted by atomic mass is 10.2. The van der Waals surface area contributed by atoms with E-state index in [0.29, 0.717) is 26.1 Å². The lowest BCUT2D eigenvalue weighted by molar-refractivity contribution is 0.0698. The van der Waals surface area contributed by atoms with E-state index in [1.165, 1.54) is 18.2 Å². The molecule has 1 saturated heterocycles. The molecule has 110 valence electrons. The Balaban J connectivity index is 2.29. The molecule has 0 spiro atoms. The molecule has 2 rings (SSSR count). The first-order valence-corrected chi connectivity index (χ1v) is 7.95. The van der Waals surface area contributed by atoms with Crippen molar-refractivity contribution in [2.24, 2.45) is 0 Å². The van der Waals surface area contributed by atoms with Crippen LogP contribution in [0.5, 0.6) is 0 Å². The van der Waals surface area contributed by atoms with Gasteiger partial charge in [-0.15, -0.1) is 0 Å². The van der Waals surface area contributed by atoms with Gasteiger partial charge in [0, 0.05) is 13.2 Å². The Morgan fingerprint density at radius 1 is 1.35 bits per heavy atom. The quantitative estimate of drug-likeness (QED) is 0.885. The number of hydrogen-bond acceptors (Lipinski definition) is 4. The van der Waals surface area contributed by atoms with Crippen molar-refractivity contribution < 1.29 is 23.1 Å². The summed E-state index contributed by atoms with van der Waals surface area (Å²) in [6.07, 6.45) is 0.774. The molecule has 20 heavy (non-hydrogen) atoms. The Morgan fingerprint density at radius 3 is 2.60 bits per heavy atom. The first-order valence-electron chi connectivity index (χ1n) is 6.03. The summed E-state index contributed by atoms with van der Waals surface area (Å²) in [7, 11) is -3.66. The Labute approximate surface area is 121 Å². The zero-order valence-electron chi connectivity index (χ0n) is 10.5. The number of anilines is 1. The maximum atomic E-state index is 12.2. The van der Waals surface area contributed by atoms with Crippen LogP contribution >= 0.6 is 11.6 Å². The highest BCUT2D eigenvalue weighted by Gasteiger charge is 2.29. The number of carboxylic acid groups (broad SMARTS) is 1. The number of halogens is 1. The van der Waals surface area contributed by atoms with Crippen molar-refractivity contribution in [2.75, 3.05) is 17.9 Å². The Morgan fingerprint density at radius 2 is 2.00 bits per heavy atom. The third-order valence-electron chi connectivity index (χ3n) is 3.09. The van der Waals surface area contributed by atoms with E-state index < -0.39 is 21.2 Å². The average molecular weight is 320 g/mol. The molecule has 1 aromatic carbocycles. The minimum Gasteiger partial charge on any atom is -0.478 e. The number of rotatable bonds is 4. The number of ether oxygens (including phenoxy) is 1. The summed E-state index contributed by atoms with van der Waals surface area (Å²) >= 11 is 5.80. The van der Waals surface area contributed by atoms with E-state index in [1.54, 1.807) is 0 Å². The number of benzene rings is 1. The number of aromatic carboxylic acids is 1. The molecule has 1 aromatic rings. The fourth-order valence-electron chi connectivity index (χ4n) is 2.05. The molecule has 0 amide bonds. The number of hydrogen-bond donors (Lipinski definition) is 2. The molecule has 1 fully saturated rings. The first kappa shape index (κ1) is 15.1. The maximum absolute atomic E-state index is 12.2. The van der Waals surface area contributed by atoms with Crippen LogP contribution in [0.25, 0.3) is 0 Å². The minimum atomic E-state index is -3.66. The zero-order chi connectivity index (χ0) is 14.8. The molecule has 0 aromatic heterocycles. The van der Waals surface area contributed by atoms with Crippen molar-refractivity contribution in [2.45, 2.75) is 18.1 Å². The van der Waals surface area contributed by atoms with E-state index in [4.69, 9.17) is 21.4 Å². The summed E-state index contributed by atoms with van der Waals surface area (Å²) in [4.78, 5) is 11.2. The topological polar surface area (TPSA) is 92.7 Å². The maximum Gasteiger partial charge on any atom is 0.339 e. The van der Waals surface area contributed by atoms with Gasteiger partial charge in [0.2, 0.25) is 10.0 Å². The molecule has 0 saturated carbocycles. The summed E-state index contributed by atoms with van der Waals surface area (Å²) in [5.41, 5.74) is -0.263.